The summed E-state index contributed by atoms with van der Waals surface area (Å²) < 4.78 is 75.7. The van der Waals surface area contributed by atoms with Gasteiger partial charge in [0.05, 0.1) is 12.5 Å². The van der Waals surface area contributed by atoms with Crippen LogP contribution in [0.2, 0.25) is 0 Å². The summed E-state index contributed by atoms with van der Waals surface area (Å²) in [7, 11) is -8.06. The molecule has 0 aromatic heterocycles. The maximum atomic E-state index is 12.4. The summed E-state index contributed by atoms with van der Waals surface area (Å²) in [5.41, 5.74) is 0. The Morgan fingerprint density at radius 1 is 0.875 bits per heavy atom. The average molecular weight is 282 g/mol. The minimum atomic E-state index is -4.03. The van der Waals surface area contributed by atoms with Crippen LogP contribution in [0.3, 0.4) is 0 Å². The Labute approximate surface area is 92.8 Å². The van der Waals surface area contributed by atoms with Gasteiger partial charge in [-0.3, -0.25) is 8.37 Å². The first-order valence-corrected chi connectivity index (χ1v) is 7.61. The van der Waals surface area contributed by atoms with Gasteiger partial charge in [-0.25, -0.2) is 8.78 Å². The van der Waals surface area contributed by atoms with Crippen LogP contribution in [-0.4, -0.2) is 54.9 Å². The van der Waals surface area contributed by atoms with Crippen molar-refractivity contribution in [3.8, 4) is 0 Å². The van der Waals surface area contributed by atoms with E-state index in [-0.39, 0.29) is 0 Å². The molecule has 0 saturated carbocycles. The molecule has 0 aliphatic heterocycles. The van der Waals surface area contributed by atoms with Crippen LogP contribution >= 0.6 is 0 Å². The van der Waals surface area contributed by atoms with Gasteiger partial charge in [0, 0.05) is 0 Å². The molecular weight excluding hydrogens is 270 g/mol. The topological polar surface area (TPSA) is 86.7 Å². The van der Waals surface area contributed by atoms with E-state index in [1.807, 2.05) is 0 Å². The second kappa shape index (κ2) is 5.84. The van der Waals surface area contributed by atoms with Gasteiger partial charge in [0.1, 0.15) is 25.6 Å². The zero-order valence-electron chi connectivity index (χ0n) is 8.59. The summed E-state index contributed by atoms with van der Waals surface area (Å²) in [5.74, 6) is 0. The van der Waals surface area contributed by atoms with Crippen LogP contribution in [0, 0.1) is 0 Å². The van der Waals surface area contributed by atoms with Crippen LogP contribution in [0.15, 0.2) is 0 Å². The van der Waals surface area contributed by atoms with Gasteiger partial charge in [-0.1, -0.05) is 0 Å². The molecule has 2 unspecified atom stereocenters. The summed E-state index contributed by atoms with van der Waals surface area (Å²) in [6.07, 6.45) is -2.39. The Morgan fingerprint density at radius 2 is 1.12 bits per heavy atom. The first-order valence-electron chi connectivity index (χ1n) is 3.97. The molecule has 16 heavy (non-hydrogen) atoms. The van der Waals surface area contributed by atoms with E-state index in [4.69, 9.17) is 0 Å². The van der Waals surface area contributed by atoms with Crippen molar-refractivity contribution < 1.29 is 34.0 Å². The van der Waals surface area contributed by atoms with Crippen LogP contribution in [0.1, 0.15) is 0 Å². The van der Waals surface area contributed by atoms with Crippen molar-refractivity contribution in [2.75, 3.05) is 25.9 Å². The van der Waals surface area contributed by atoms with E-state index < -0.39 is 45.8 Å². The number of alkyl halides is 2. The van der Waals surface area contributed by atoms with Crippen LogP contribution in [0.4, 0.5) is 8.78 Å². The third-order valence-corrected chi connectivity index (χ3v) is 2.51. The van der Waals surface area contributed by atoms with Crippen molar-refractivity contribution in [3.63, 3.8) is 0 Å². The second-order valence-electron chi connectivity index (χ2n) is 2.99. The van der Waals surface area contributed by atoms with Crippen LogP contribution in [0.5, 0.6) is 0 Å². The van der Waals surface area contributed by atoms with Crippen molar-refractivity contribution in [1.29, 1.82) is 0 Å². The Bertz CT molecular complexity index is 363. The summed E-state index contributed by atoms with van der Waals surface area (Å²) in [4.78, 5) is 0. The van der Waals surface area contributed by atoms with Gasteiger partial charge in [-0.2, -0.15) is 16.8 Å². The van der Waals surface area contributed by atoms with Gasteiger partial charge in [0.15, 0.2) is 0 Å². The Balaban J connectivity index is 4.77. The van der Waals surface area contributed by atoms with E-state index in [0.717, 1.165) is 0 Å². The first kappa shape index (κ1) is 15.7. The molecule has 0 amide bonds. The van der Waals surface area contributed by atoms with Crippen molar-refractivity contribution in [2.45, 2.75) is 12.2 Å². The lowest BCUT2D eigenvalue weighted by molar-refractivity contribution is 0.0323. The molecule has 0 N–H and O–H groups in total. The van der Waals surface area contributed by atoms with E-state index in [1.165, 1.54) is 0 Å². The van der Waals surface area contributed by atoms with E-state index in [2.05, 4.69) is 8.37 Å². The molecule has 0 aromatic carbocycles. The minimum absolute atomic E-state index is 0.630. The van der Waals surface area contributed by atoms with E-state index in [0.29, 0.717) is 12.5 Å². The van der Waals surface area contributed by atoms with Crippen LogP contribution in [0.25, 0.3) is 0 Å². The number of rotatable bonds is 7. The lowest BCUT2D eigenvalue weighted by Crippen LogP contribution is -2.38. The summed E-state index contributed by atoms with van der Waals surface area (Å²) in [6.45, 7) is -2.78. The van der Waals surface area contributed by atoms with Crippen molar-refractivity contribution in [3.05, 3.63) is 0 Å². The quantitative estimate of drug-likeness (QED) is 0.591. The molecule has 0 fully saturated rings. The number of hydrogen-bond donors (Lipinski definition) is 0. The molecule has 0 spiro atoms. The molecule has 0 heterocycles. The molecule has 0 aliphatic carbocycles. The average Bonchev–Trinajstić information content (AvgIpc) is 2.07. The molecule has 2 atom stereocenters. The fraction of sp³-hybridized carbons (Fsp3) is 1.00. The van der Waals surface area contributed by atoms with Gasteiger partial charge in [0.2, 0.25) is 0 Å². The monoisotopic (exact) mass is 282 g/mol. The minimum Gasteiger partial charge on any atom is -0.261 e. The fourth-order valence-corrected chi connectivity index (χ4v) is 2.07. The first-order chi connectivity index (χ1) is 7.09. The van der Waals surface area contributed by atoms with Gasteiger partial charge in [-0.15, -0.1) is 0 Å². The summed E-state index contributed by atoms with van der Waals surface area (Å²) in [6, 6.07) is 0. The lowest BCUT2D eigenvalue weighted by Gasteiger charge is -2.20. The maximum absolute atomic E-state index is 12.4. The largest absolute Gasteiger partial charge is 0.264 e. The zero-order chi connectivity index (χ0) is 13.0. The predicted octanol–water partition coefficient (Wildman–Crippen LogP) is -0.385. The molecule has 0 rings (SSSR count). The van der Waals surface area contributed by atoms with E-state index >= 15 is 0 Å². The molecule has 0 aromatic rings. The highest BCUT2D eigenvalue weighted by molar-refractivity contribution is 7.86. The Kier molecular flexibility index (Phi) is 5.73. The zero-order valence-corrected chi connectivity index (χ0v) is 10.2. The predicted molar refractivity (Wildman–Crippen MR) is 51.4 cm³/mol. The van der Waals surface area contributed by atoms with E-state index in [9.17, 15) is 25.6 Å². The van der Waals surface area contributed by atoms with Crippen LogP contribution in [-0.2, 0) is 28.6 Å². The van der Waals surface area contributed by atoms with Gasteiger partial charge >= 0.3 is 0 Å². The van der Waals surface area contributed by atoms with Crippen LogP contribution < -0.4 is 0 Å². The normalized spacial score (nSPS) is 17.0. The number of hydrogen-bond acceptors (Lipinski definition) is 6. The molecule has 0 bridgehead atoms. The highest BCUT2D eigenvalue weighted by atomic mass is 32.2. The summed E-state index contributed by atoms with van der Waals surface area (Å²) in [5, 5.41) is 0. The SMILES string of the molecule is CS(=O)(=O)OC(CF)C(CF)OS(C)(=O)=O. The van der Waals surface area contributed by atoms with Gasteiger partial charge in [0.25, 0.3) is 20.2 Å². The molecule has 0 saturated heterocycles. The second-order valence-corrected chi connectivity index (χ2v) is 6.19. The van der Waals surface area contributed by atoms with E-state index in [1.54, 1.807) is 0 Å². The smallest absolute Gasteiger partial charge is 0.261 e. The van der Waals surface area contributed by atoms with Gasteiger partial charge < -0.3 is 0 Å². The third-order valence-electron chi connectivity index (χ3n) is 1.32. The van der Waals surface area contributed by atoms with Crippen molar-refractivity contribution >= 4 is 20.2 Å². The highest BCUT2D eigenvalue weighted by Crippen LogP contribution is 2.11. The molecular formula is C6H12F2O6S2. The highest BCUT2D eigenvalue weighted by Gasteiger charge is 2.30. The number of halogens is 2. The lowest BCUT2D eigenvalue weighted by atomic mass is 10.2. The molecule has 10 heteroatoms. The maximum Gasteiger partial charge on any atom is 0.264 e. The Morgan fingerprint density at radius 3 is 1.25 bits per heavy atom. The standard InChI is InChI=1S/C6H12F2O6S2/c1-15(9,10)13-5(3-7)6(4-8)14-16(2,11)12/h5-6H,3-4H2,1-2H3. The van der Waals surface area contributed by atoms with Crippen molar-refractivity contribution in [2.24, 2.45) is 0 Å². The Hall–Kier alpha value is -0.320. The molecule has 6 nitrogen and oxygen atoms in total. The van der Waals surface area contributed by atoms with Crippen molar-refractivity contribution in [1.82, 2.24) is 0 Å². The van der Waals surface area contributed by atoms with Gasteiger partial charge in [-0.05, 0) is 0 Å². The molecule has 0 radical (unpaired) electrons. The summed E-state index contributed by atoms with van der Waals surface area (Å²) >= 11 is 0. The third kappa shape index (κ3) is 7.04. The molecule has 0 aliphatic rings. The fourth-order valence-electron chi connectivity index (χ4n) is 0.823. The molecule has 98 valence electrons.